The van der Waals surface area contributed by atoms with E-state index in [0.717, 1.165) is 12.8 Å². The van der Waals surface area contributed by atoms with Gasteiger partial charge in [0.25, 0.3) is 0 Å². The lowest BCUT2D eigenvalue weighted by Crippen LogP contribution is -2.41. The molecule has 1 aliphatic rings. The van der Waals surface area contributed by atoms with E-state index in [0.29, 0.717) is 6.42 Å². The van der Waals surface area contributed by atoms with Crippen molar-refractivity contribution >= 4 is 15.9 Å². The minimum Gasteiger partial charge on any atom is -0.444 e. The molecule has 1 rings (SSSR count). The summed E-state index contributed by atoms with van der Waals surface area (Å²) in [4.78, 5) is 11.4. The smallest absolute Gasteiger partial charge is 0.407 e. The Labute approximate surface area is 103 Å². The minimum absolute atomic E-state index is 0.150. The van der Waals surface area contributed by atoms with Gasteiger partial charge in [-0.15, -0.1) is 0 Å². The summed E-state index contributed by atoms with van der Waals surface area (Å²) in [7, 11) is -3.03. The van der Waals surface area contributed by atoms with Gasteiger partial charge in [0.05, 0.1) is 11.0 Å². The fraction of sp³-hybridized carbons (Fsp3) is 0.909. The highest BCUT2D eigenvalue weighted by Gasteiger charge is 2.29. The predicted octanol–water partition coefficient (Wildman–Crippen LogP) is 1.48. The van der Waals surface area contributed by atoms with Crippen molar-refractivity contribution in [2.24, 2.45) is 0 Å². The van der Waals surface area contributed by atoms with Crippen molar-refractivity contribution in [1.82, 2.24) is 5.32 Å². The molecule has 5 nitrogen and oxygen atoms in total. The van der Waals surface area contributed by atoms with Crippen LogP contribution in [0.5, 0.6) is 0 Å². The molecule has 1 fully saturated rings. The maximum atomic E-state index is 11.7. The highest BCUT2D eigenvalue weighted by atomic mass is 32.2. The maximum absolute atomic E-state index is 11.7. The Morgan fingerprint density at radius 2 is 2.00 bits per heavy atom. The highest BCUT2D eigenvalue weighted by Crippen LogP contribution is 2.18. The third-order valence-corrected chi connectivity index (χ3v) is 4.86. The second-order valence-corrected chi connectivity index (χ2v) is 7.77. The molecular weight excluding hydrogens is 242 g/mol. The Morgan fingerprint density at radius 1 is 1.35 bits per heavy atom. The molecule has 1 heterocycles. The van der Waals surface area contributed by atoms with Crippen LogP contribution in [0.4, 0.5) is 4.79 Å². The van der Waals surface area contributed by atoms with Crippen LogP contribution in [-0.2, 0) is 14.6 Å². The van der Waals surface area contributed by atoms with E-state index in [1.165, 1.54) is 0 Å². The number of hydrogen-bond acceptors (Lipinski definition) is 4. The van der Waals surface area contributed by atoms with Crippen molar-refractivity contribution in [3.63, 3.8) is 0 Å². The Morgan fingerprint density at radius 3 is 2.53 bits per heavy atom. The molecule has 1 amide bonds. The van der Waals surface area contributed by atoms with Crippen LogP contribution in [0.15, 0.2) is 0 Å². The van der Waals surface area contributed by atoms with E-state index in [9.17, 15) is 13.2 Å². The predicted molar refractivity (Wildman–Crippen MR) is 65.7 cm³/mol. The van der Waals surface area contributed by atoms with Gasteiger partial charge in [-0.1, -0.05) is 6.42 Å². The SMILES string of the molecule is CC(C)(C)OC(=O)NC[C@H]1CCCCS1(=O)=O. The molecule has 1 atom stereocenters. The number of hydrogen-bond donors (Lipinski definition) is 1. The van der Waals surface area contributed by atoms with Crippen LogP contribution in [0.3, 0.4) is 0 Å². The first-order valence-corrected chi connectivity index (χ1v) is 7.61. The van der Waals surface area contributed by atoms with Crippen molar-refractivity contribution < 1.29 is 17.9 Å². The molecule has 1 N–H and O–H groups in total. The average Bonchev–Trinajstić information content (AvgIpc) is 2.12. The van der Waals surface area contributed by atoms with Gasteiger partial charge in [-0.2, -0.15) is 0 Å². The van der Waals surface area contributed by atoms with Gasteiger partial charge in [0.1, 0.15) is 5.60 Å². The van der Waals surface area contributed by atoms with Crippen molar-refractivity contribution in [2.45, 2.75) is 50.9 Å². The van der Waals surface area contributed by atoms with E-state index in [1.807, 2.05) is 0 Å². The molecule has 0 unspecified atom stereocenters. The lowest BCUT2D eigenvalue weighted by Gasteiger charge is -2.24. The molecule has 0 aliphatic carbocycles. The quantitative estimate of drug-likeness (QED) is 0.819. The molecule has 0 aromatic rings. The van der Waals surface area contributed by atoms with Gasteiger partial charge < -0.3 is 10.1 Å². The average molecular weight is 263 g/mol. The van der Waals surface area contributed by atoms with Crippen LogP contribution >= 0.6 is 0 Å². The highest BCUT2D eigenvalue weighted by molar-refractivity contribution is 7.92. The summed E-state index contributed by atoms with van der Waals surface area (Å²) in [6.07, 6.45) is 1.70. The van der Waals surface area contributed by atoms with Gasteiger partial charge in [0, 0.05) is 6.54 Å². The van der Waals surface area contributed by atoms with E-state index in [2.05, 4.69) is 5.32 Å². The van der Waals surface area contributed by atoms with E-state index >= 15 is 0 Å². The zero-order valence-electron chi connectivity index (χ0n) is 10.7. The standard InChI is InChI=1S/C11H21NO4S/c1-11(2,3)16-10(13)12-8-9-6-4-5-7-17(9,14)15/h9H,4-8H2,1-3H3,(H,12,13)/t9-/m1/s1. The van der Waals surface area contributed by atoms with Crippen LogP contribution in [-0.4, -0.2) is 37.7 Å². The number of ether oxygens (including phenoxy) is 1. The van der Waals surface area contributed by atoms with Crippen molar-refractivity contribution in [3.05, 3.63) is 0 Å². The molecule has 1 saturated heterocycles. The number of carbonyl (C=O) groups is 1. The molecule has 0 saturated carbocycles. The topological polar surface area (TPSA) is 72.5 Å². The molecule has 0 radical (unpaired) electrons. The van der Waals surface area contributed by atoms with E-state index in [4.69, 9.17) is 4.74 Å². The first kappa shape index (κ1) is 14.3. The summed E-state index contributed by atoms with van der Waals surface area (Å²) >= 11 is 0. The second-order valence-electron chi connectivity index (χ2n) is 5.37. The van der Waals surface area contributed by atoms with E-state index < -0.39 is 26.8 Å². The normalized spacial score (nSPS) is 24.1. The van der Waals surface area contributed by atoms with Crippen molar-refractivity contribution in [3.8, 4) is 0 Å². The molecule has 0 aromatic carbocycles. The molecule has 100 valence electrons. The summed E-state index contributed by atoms with van der Waals surface area (Å²) in [5, 5.41) is 2.07. The summed E-state index contributed by atoms with van der Waals surface area (Å²) in [5.74, 6) is 0.230. The molecule has 17 heavy (non-hydrogen) atoms. The number of alkyl carbamates (subject to hydrolysis) is 1. The van der Waals surface area contributed by atoms with Crippen LogP contribution < -0.4 is 5.32 Å². The molecule has 1 aliphatic heterocycles. The Bertz CT molecular complexity index is 369. The third kappa shape index (κ3) is 4.93. The summed E-state index contributed by atoms with van der Waals surface area (Å²) in [5.41, 5.74) is -0.560. The van der Waals surface area contributed by atoms with Gasteiger partial charge >= 0.3 is 6.09 Å². The zero-order valence-corrected chi connectivity index (χ0v) is 11.5. The third-order valence-electron chi connectivity index (χ3n) is 2.59. The monoisotopic (exact) mass is 263 g/mol. The van der Waals surface area contributed by atoms with Crippen molar-refractivity contribution in [2.75, 3.05) is 12.3 Å². The zero-order chi connectivity index (χ0) is 13.1. The fourth-order valence-corrected chi connectivity index (χ4v) is 3.56. The van der Waals surface area contributed by atoms with E-state index in [-0.39, 0.29) is 12.3 Å². The molecule has 0 spiro atoms. The molecule has 0 bridgehead atoms. The Hall–Kier alpha value is -0.780. The second kappa shape index (κ2) is 5.25. The lowest BCUT2D eigenvalue weighted by atomic mass is 10.2. The number of carbonyl (C=O) groups excluding carboxylic acids is 1. The first-order valence-electron chi connectivity index (χ1n) is 5.89. The largest absolute Gasteiger partial charge is 0.444 e. The van der Waals surface area contributed by atoms with Crippen LogP contribution in [0.25, 0.3) is 0 Å². The minimum atomic E-state index is -3.03. The number of nitrogens with one attached hydrogen (secondary N) is 1. The summed E-state index contributed by atoms with van der Waals surface area (Å²) in [6.45, 7) is 5.45. The van der Waals surface area contributed by atoms with Gasteiger partial charge in [-0.25, -0.2) is 13.2 Å². The van der Waals surface area contributed by atoms with Gasteiger partial charge in [0.15, 0.2) is 9.84 Å². The maximum Gasteiger partial charge on any atom is 0.407 e. The number of rotatable bonds is 2. The van der Waals surface area contributed by atoms with Gasteiger partial charge in [0.2, 0.25) is 0 Å². The Balaban J connectivity index is 2.42. The van der Waals surface area contributed by atoms with Gasteiger partial charge in [-0.3, -0.25) is 0 Å². The summed E-state index contributed by atoms with van der Waals surface area (Å²) < 4.78 is 28.4. The van der Waals surface area contributed by atoms with Crippen LogP contribution in [0.1, 0.15) is 40.0 Å². The van der Waals surface area contributed by atoms with E-state index in [1.54, 1.807) is 20.8 Å². The lowest BCUT2D eigenvalue weighted by molar-refractivity contribution is 0.0527. The first-order chi connectivity index (χ1) is 7.71. The molecular formula is C11H21NO4S. The van der Waals surface area contributed by atoms with Crippen molar-refractivity contribution in [1.29, 1.82) is 0 Å². The number of amides is 1. The fourth-order valence-electron chi connectivity index (χ4n) is 1.76. The number of sulfone groups is 1. The van der Waals surface area contributed by atoms with Crippen LogP contribution in [0, 0.1) is 0 Å². The summed E-state index contributed by atoms with van der Waals surface area (Å²) in [6, 6.07) is 0. The van der Waals surface area contributed by atoms with Gasteiger partial charge in [-0.05, 0) is 33.6 Å². The molecule has 6 heteroatoms. The molecule has 0 aromatic heterocycles. The van der Waals surface area contributed by atoms with Crippen LogP contribution in [0.2, 0.25) is 0 Å². The Kier molecular flexibility index (Phi) is 4.41.